The van der Waals surface area contributed by atoms with Crippen LogP contribution >= 0.6 is 0 Å². The fraction of sp³-hybridized carbons (Fsp3) is 0.435. The normalized spacial score (nSPS) is 19.3. The lowest BCUT2D eigenvalue weighted by Crippen LogP contribution is -2.51. The lowest BCUT2D eigenvalue weighted by Gasteiger charge is -2.39. The second kappa shape index (κ2) is 8.74. The van der Waals surface area contributed by atoms with Crippen LogP contribution in [-0.2, 0) is 11.3 Å². The summed E-state index contributed by atoms with van der Waals surface area (Å²) in [6.07, 6.45) is 3.23. The minimum Gasteiger partial charge on any atom is -0.359 e. The predicted molar refractivity (Wildman–Crippen MR) is 114 cm³/mol. The molecule has 0 unspecified atom stereocenters. The molecule has 1 aromatic carbocycles. The summed E-state index contributed by atoms with van der Waals surface area (Å²) in [7, 11) is 5.71. The lowest BCUT2D eigenvalue weighted by molar-refractivity contribution is -0.132. The van der Waals surface area contributed by atoms with Gasteiger partial charge in [-0.05, 0) is 57.1 Å². The number of carbonyl (C=O) groups excluding carboxylic acids is 2. The van der Waals surface area contributed by atoms with E-state index in [0.717, 1.165) is 30.5 Å². The van der Waals surface area contributed by atoms with Gasteiger partial charge in [0, 0.05) is 38.4 Å². The molecule has 1 aromatic heterocycles. The number of piperidine rings is 1. The van der Waals surface area contributed by atoms with E-state index in [4.69, 9.17) is 0 Å². The molecule has 2 heterocycles. The fourth-order valence-corrected chi connectivity index (χ4v) is 4.06. The smallest absolute Gasteiger partial charge is 0.273 e. The molecule has 0 radical (unpaired) electrons. The van der Waals surface area contributed by atoms with Gasteiger partial charge in [0.1, 0.15) is 5.69 Å². The van der Waals surface area contributed by atoms with Crippen LogP contribution in [0.3, 0.4) is 0 Å². The summed E-state index contributed by atoms with van der Waals surface area (Å²) in [5.41, 5.74) is 2.86. The van der Waals surface area contributed by atoms with Crippen molar-refractivity contribution in [1.82, 2.24) is 20.1 Å². The minimum atomic E-state index is -0.566. The van der Waals surface area contributed by atoms with E-state index >= 15 is 0 Å². The third kappa shape index (κ3) is 4.65. The Hall–Kier alpha value is -2.73. The van der Waals surface area contributed by atoms with E-state index in [1.807, 2.05) is 45.3 Å². The third-order valence-electron chi connectivity index (χ3n) is 5.51. The number of likely N-dealkylation sites (tertiary alicyclic amines) is 1. The number of pyridine rings is 1. The molecule has 6 nitrogen and oxygen atoms in total. The molecule has 0 aliphatic carbocycles. The quantitative estimate of drug-likeness (QED) is 0.847. The van der Waals surface area contributed by atoms with Crippen molar-refractivity contribution >= 4 is 11.8 Å². The second-order valence-corrected chi connectivity index (χ2v) is 8.31. The number of nitrogens with one attached hydrogen (secondary N) is 1. The highest BCUT2D eigenvalue weighted by Crippen LogP contribution is 2.32. The Kier molecular flexibility index (Phi) is 6.33. The highest BCUT2D eigenvalue weighted by Gasteiger charge is 2.39. The molecule has 29 heavy (non-hydrogen) atoms. The second-order valence-electron chi connectivity index (χ2n) is 8.31. The van der Waals surface area contributed by atoms with E-state index in [1.165, 1.54) is 5.56 Å². The molecular formula is C23H30N4O2. The number of carbonyl (C=O) groups is 2. The number of hydrogen-bond donors (Lipinski definition) is 1. The lowest BCUT2D eigenvalue weighted by atomic mass is 9.81. The van der Waals surface area contributed by atoms with Gasteiger partial charge < -0.3 is 15.1 Å². The summed E-state index contributed by atoms with van der Waals surface area (Å²) < 4.78 is 0. The van der Waals surface area contributed by atoms with Crippen LogP contribution in [0.4, 0.5) is 0 Å². The van der Waals surface area contributed by atoms with Crippen molar-refractivity contribution in [3.63, 3.8) is 0 Å². The number of nitrogens with zero attached hydrogens (tertiary/aromatic N) is 3. The van der Waals surface area contributed by atoms with Crippen LogP contribution in [0.25, 0.3) is 11.1 Å². The molecule has 6 heteroatoms. The first-order chi connectivity index (χ1) is 13.8. The standard InChI is InChI=1S/C23H30N4O2/c1-23(22(29)24-2)11-7-13-27(16-23)21(28)20-19(10-6-12-25-20)18-9-5-8-17(14-18)15-26(3)4/h5-6,8-10,12,14H,7,11,13,15-16H2,1-4H3,(H,24,29)/t23-/m0/s1. The number of amides is 2. The monoisotopic (exact) mass is 394 g/mol. The van der Waals surface area contributed by atoms with E-state index in [1.54, 1.807) is 18.1 Å². The van der Waals surface area contributed by atoms with E-state index in [-0.39, 0.29) is 11.8 Å². The predicted octanol–water partition coefficient (Wildman–Crippen LogP) is 2.80. The van der Waals surface area contributed by atoms with Crippen molar-refractivity contribution in [2.24, 2.45) is 5.41 Å². The van der Waals surface area contributed by atoms with Crippen molar-refractivity contribution in [2.45, 2.75) is 26.3 Å². The van der Waals surface area contributed by atoms with Gasteiger partial charge in [0.15, 0.2) is 0 Å². The maximum Gasteiger partial charge on any atom is 0.273 e. The summed E-state index contributed by atoms with van der Waals surface area (Å²) >= 11 is 0. The number of aromatic nitrogens is 1. The van der Waals surface area contributed by atoms with Gasteiger partial charge in [0.2, 0.25) is 5.91 Å². The van der Waals surface area contributed by atoms with Gasteiger partial charge in [-0.1, -0.05) is 24.3 Å². The zero-order valence-corrected chi connectivity index (χ0v) is 17.7. The summed E-state index contributed by atoms with van der Waals surface area (Å²) in [6, 6.07) is 12.0. The van der Waals surface area contributed by atoms with Crippen molar-refractivity contribution in [3.05, 3.63) is 53.9 Å². The molecule has 0 saturated carbocycles. The fourth-order valence-electron chi connectivity index (χ4n) is 4.06. The van der Waals surface area contributed by atoms with Crippen LogP contribution in [0.2, 0.25) is 0 Å². The van der Waals surface area contributed by atoms with E-state index in [0.29, 0.717) is 18.8 Å². The van der Waals surface area contributed by atoms with Gasteiger partial charge in [0.25, 0.3) is 5.91 Å². The first-order valence-electron chi connectivity index (χ1n) is 10.0. The van der Waals surface area contributed by atoms with Crippen molar-refractivity contribution in [1.29, 1.82) is 0 Å². The SMILES string of the molecule is CNC(=O)[C@@]1(C)CCCN(C(=O)c2ncccc2-c2cccc(CN(C)C)c2)C1. The van der Waals surface area contributed by atoms with Crippen LogP contribution < -0.4 is 5.32 Å². The molecule has 2 aromatic rings. The van der Waals surface area contributed by atoms with Gasteiger partial charge in [-0.25, -0.2) is 0 Å². The maximum absolute atomic E-state index is 13.4. The topological polar surface area (TPSA) is 65.5 Å². The summed E-state index contributed by atoms with van der Waals surface area (Å²) in [5, 5.41) is 2.74. The van der Waals surface area contributed by atoms with Crippen LogP contribution in [0.1, 0.15) is 35.8 Å². The van der Waals surface area contributed by atoms with Crippen LogP contribution in [0.5, 0.6) is 0 Å². The van der Waals surface area contributed by atoms with Crippen LogP contribution in [0.15, 0.2) is 42.6 Å². The summed E-state index contributed by atoms with van der Waals surface area (Å²) in [6.45, 7) is 3.80. The van der Waals surface area contributed by atoms with Gasteiger partial charge in [-0.2, -0.15) is 0 Å². The van der Waals surface area contributed by atoms with Crippen molar-refractivity contribution in [2.75, 3.05) is 34.2 Å². The Morgan fingerprint density at radius 1 is 1.24 bits per heavy atom. The highest BCUT2D eigenvalue weighted by atomic mass is 16.2. The van der Waals surface area contributed by atoms with Gasteiger partial charge in [-0.15, -0.1) is 0 Å². The summed E-state index contributed by atoms with van der Waals surface area (Å²) in [4.78, 5) is 34.0. The zero-order chi connectivity index (χ0) is 21.0. The molecular weight excluding hydrogens is 364 g/mol. The molecule has 1 saturated heterocycles. The number of rotatable bonds is 5. The highest BCUT2D eigenvalue weighted by molar-refractivity contribution is 5.99. The van der Waals surface area contributed by atoms with Gasteiger partial charge in [-0.3, -0.25) is 14.6 Å². The molecule has 0 spiro atoms. The summed E-state index contributed by atoms with van der Waals surface area (Å²) in [5.74, 6) is -0.138. The Balaban J connectivity index is 1.91. The van der Waals surface area contributed by atoms with Crippen molar-refractivity contribution < 1.29 is 9.59 Å². The van der Waals surface area contributed by atoms with E-state index in [2.05, 4.69) is 27.3 Å². The third-order valence-corrected chi connectivity index (χ3v) is 5.51. The Bertz CT molecular complexity index is 896. The largest absolute Gasteiger partial charge is 0.359 e. The zero-order valence-electron chi connectivity index (χ0n) is 17.7. The Labute approximate surface area is 172 Å². The average molecular weight is 395 g/mol. The van der Waals surface area contributed by atoms with Gasteiger partial charge >= 0.3 is 0 Å². The first-order valence-corrected chi connectivity index (χ1v) is 10.0. The van der Waals surface area contributed by atoms with E-state index < -0.39 is 5.41 Å². The molecule has 1 aliphatic heterocycles. The van der Waals surface area contributed by atoms with Crippen molar-refractivity contribution in [3.8, 4) is 11.1 Å². The molecule has 1 aliphatic rings. The number of benzene rings is 1. The molecule has 1 atom stereocenters. The van der Waals surface area contributed by atoms with E-state index in [9.17, 15) is 9.59 Å². The van der Waals surface area contributed by atoms with Crippen LogP contribution in [-0.4, -0.2) is 60.8 Å². The molecule has 3 rings (SSSR count). The first kappa shape index (κ1) is 21.0. The minimum absolute atomic E-state index is 0.0207. The average Bonchev–Trinajstić information content (AvgIpc) is 2.72. The molecule has 154 valence electrons. The molecule has 1 N–H and O–H groups in total. The molecule has 1 fully saturated rings. The molecule has 2 amide bonds. The Morgan fingerprint density at radius 3 is 2.76 bits per heavy atom. The maximum atomic E-state index is 13.4. The van der Waals surface area contributed by atoms with Crippen LogP contribution in [0, 0.1) is 5.41 Å². The number of hydrogen-bond acceptors (Lipinski definition) is 4. The molecule has 0 bridgehead atoms. The van der Waals surface area contributed by atoms with Gasteiger partial charge in [0.05, 0.1) is 5.41 Å². The Morgan fingerprint density at radius 2 is 2.03 bits per heavy atom.